The summed E-state index contributed by atoms with van der Waals surface area (Å²) in [6.07, 6.45) is 4.65. The number of hydrogen-bond acceptors (Lipinski definition) is 3. The molecule has 1 aliphatic heterocycles. The Morgan fingerprint density at radius 1 is 1.47 bits per heavy atom. The number of likely N-dealkylation sites (N-methyl/N-ethyl adjacent to an activating group) is 1. The van der Waals surface area contributed by atoms with E-state index in [2.05, 4.69) is 41.8 Å². The molecule has 0 aliphatic carbocycles. The quantitative estimate of drug-likeness (QED) is 0.774. The van der Waals surface area contributed by atoms with Gasteiger partial charge in [0.25, 0.3) is 0 Å². The SMILES string of the molecule is Cc1nc([C@]2(C)CCCN(C)C2)c2sccn12. The second kappa shape index (κ2) is 3.82. The van der Waals surface area contributed by atoms with Crippen LogP contribution in [0.25, 0.3) is 4.83 Å². The lowest BCUT2D eigenvalue weighted by Crippen LogP contribution is -2.42. The van der Waals surface area contributed by atoms with Gasteiger partial charge in [-0.3, -0.25) is 4.40 Å². The van der Waals surface area contributed by atoms with Gasteiger partial charge in [0.1, 0.15) is 10.7 Å². The monoisotopic (exact) mass is 249 g/mol. The summed E-state index contributed by atoms with van der Waals surface area (Å²) >= 11 is 1.81. The standard InChI is InChI=1S/C13H19N3S/c1-10-14-11(12-16(10)7-8-17-12)13(2)5-4-6-15(3)9-13/h7-8H,4-6,9H2,1-3H3/t13-/m1/s1. The number of aryl methyl sites for hydroxylation is 1. The van der Waals surface area contributed by atoms with Crippen molar-refractivity contribution in [2.24, 2.45) is 0 Å². The Bertz CT molecular complexity index is 542. The summed E-state index contributed by atoms with van der Waals surface area (Å²) in [5.74, 6) is 1.12. The summed E-state index contributed by atoms with van der Waals surface area (Å²) in [4.78, 5) is 8.59. The van der Waals surface area contributed by atoms with Crippen LogP contribution in [-0.4, -0.2) is 34.4 Å². The molecule has 0 amide bonds. The fraction of sp³-hybridized carbons (Fsp3) is 0.615. The van der Waals surface area contributed by atoms with Gasteiger partial charge in [0.05, 0.1) is 5.69 Å². The second-order valence-electron chi connectivity index (χ2n) is 5.49. The van der Waals surface area contributed by atoms with Crippen molar-refractivity contribution in [3.05, 3.63) is 23.1 Å². The van der Waals surface area contributed by atoms with E-state index < -0.39 is 0 Å². The molecule has 0 bridgehead atoms. The number of aromatic nitrogens is 2. The van der Waals surface area contributed by atoms with E-state index in [1.807, 2.05) is 11.3 Å². The highest BCUT2D eigenvalue weighted by Gasteiger charge is 2.35. The topological polar surface area (TPSA) is 20.5 Å². The summed E-state index contributed by atoms with van der Waals surface area (Å²) in [5.41, 5.74) is 1.52. The number of rotatable bonds is 1. The van der Waals surface area contributed by atoms with Gasteiger partial charge >= 0.3 is 0 Å². The Kier molecular flexibility index (Phi) is 2.52. The minimum Gasteiger partial charge on any atom is -0.305 e. The minimum atomic E-state index is 0.220. The third kappa shape index (κ3) is 1.70. The Hall–Kier alpha value is -0.870. The lowest BCUT2D eigenvalue weighted by molar-refractivity contribution is 0.186. The molecule has 1 aliphatic rings. The molecule has 1 atom stereocenters. The predicted molar refractivity (Wildman–Crippen MR) is 71.9 cm³/mol. The predicted octanol–water partition coefficient (Wildman–Crippen LogP) is 2.69. The minimum absolute atomic E-state index is 0.220. The number of nitrogens with zero attached hydrogens (tertiary/aromatic N) is 3. The van der Waals surface area contributed by atoms with Crippen LogP contribution in [0.4, 0.5) is 0 Å². The van der Waals surface area contributed by atoms with Crippen LogP contribution in [0.3, 0.4) is 0 Å². The number of hydrogen-bond donors (Lipinski definition) is 0. The van der Waals surface area contributed by atoms with Gasteiger partial charge < -0.3 is 4.90 Å². The van der Waals surface area contributed by atoms with E-state index in [-0.39, 0.29) is 5.41 Å². The van der Waals surface area contributed by atoms with Gasteiger partial charge in [-0.15, -0.1) is 11.3 Å². The first-order valence-corrected chi connectivity index (χ1v) is 7.09. The molecule has 3 nitrogen and oxygen atoms in total. The lowest BCUT2D eigenvalue weighted by Gasteiger charge is -2.37. The molecule has 0 saturated carbocycles. The van der Waals surface area contributed by atoms with Crippen molar-refractivity contribution in [2.75, 3.05) is 20.1 Å². The Balaban J connectivity index is 2.10. The first-order valence-electron chi connectivity index (χ1n) is 6.21. The van der Waals surface area contributed by atoms with E-state index in [1.165, 1.54) is 29.9 Å². The van der Waals surface area contributed by atoms with Crippen LogP contribution in [0, 0.1) is 6.92 Å². The highest BCUT2D eigenvalue weighted by Crippen LogP contribution is 2.36. The van der Waals surface area contributed by atoms with Crippen molar-refractivity contribution in [1.29, 1.82) is 0 Å². The van der Waals surface area contributed by atoms with Crippen molar-refractivity contribution >= 4 is 16.2 Å². The summed E-state index contributed by atoms with van der Waals surface area (Å²) in [6.45, 7) is 6.80. The average molecular weight is 249 g/mol. The number of fused-ring (bicyclic) bond motifs is 1. The molecule has 0 spiro atoms. The van der Waals surface area contributed by atoms with Gasteiger partial charge in [0, 0.05) is 23.5 Å². The van der Waals surface area contributed by atoms with E-state index in [0.717, 1.165) is 12.4 Å². The summed E-state index contributed by atoms with van der Waals surface area (Å²) in [5, 5.41) is 2.16. The van der Waals surface area contributed by atoms with Crippen LogP contribution in [0.15, 0.2) is 11.6 Å². The van der Waals surface area contributed by atoms with Crippen molar-refractivity contribution < 1.29 is 0 Å². The summed E-state index contributed by atoms with van der Waals surface area (Å²) in [7, 11) is 2.21. The highest BCUT2D eigenvalue weighted by molar-refractivity contribution is 7.15. The number of imidazole rings is 1. The van der Waals surface area contributed by atoms with E-state index in [9.17, 15) is 0 Å². The Morgan fingerprint density at radius 2 is 2.29 bits per heavy atom. The smallest absolute Gasteiger partial charge is 0.123 e. The molecule has 3 heterocycles. The van der Waals surface area contributed by atoms with E-state index in [1.54, 1.807) is 0 Å². The molecular formula is C13H19N3S. The zero-order valence-corrected chi connectivity index (χ0v) is 11.5. The first kappa shape index (κ1) is 11.2. The highest BCUT2D eigenvalue weighted by atomic mass is 32.1. The molecule has 0 N–H and O–H groups in total. The molecule has 92 valence electrons. The fourth-order valence-corrected chi connectivity index (χ4v) is 4.07. The number of piperidine rings is 1. The largest absolute Gasteiger partial charge is 0.305 e. The van der Waals surface area contributed by atoms with Gasteiger partial charge in [0.15, 0.2) is 0 Å². The molecule has 2 aromatic rings. The second-order valence-corrected chi connectivity index (χ2v) is 6.38. The van der Waals surface area contributed by atoms with E-state index in [0.29, 0.717) is 0 Å². The summed E-state index contributed by atoms with van der Waals surface area (Å²) < 4.78 is 2.22. The zero-order chi connectivity index (χ0) is 12.0. The Labute approximate surface area is 106 Å². The molecule has 2 aromatic heterocycles. The molecule has 3 rings (SSSR count). The molecule has 0 radical (unpaired) electrons. The molecule has 0 aromatic carbocycles. The molecule has 0 unspecified atom stereocenters. The fourth-order valence-electron chi connectivity index (χ4n) is 3.05. The van der Waals surface area contributed by atoms with Gasteiger partial charge in [0.2, 0.25) is 0 Å². The van der Waals surface area contributed by atoms with Crippen LogP contribution < -0.4 is 0 Å². The van der Waals surface area contributed by atoms with Crippen molar-refractivity contribution in [2.45, 2.75) is 32.1 Å². The number of likely N-dealkylation sites (tertiary alicyclic amines) is 1. The van der Waals surface area contributed by atoms with Crippen molar-refractivity contribution in [1.82, 2.24) is 14.3 Å². The maximum atomic E-state index is 4.83. The normalized spacial score (nSPS) is 26.8. The van der Waals surface area contributed by atoms with Gasteiger partial charge in [-0.05, 0) is 33.4 Å². The third-order valence-electron chi connectivity index (χ3n) is 3.89. The molecule has 1 saturated heterocycles. The lowest BCUT2D eigenvalue weighted by atomic mass is 9.79. The third-order valence-corrected chi connectivity index (χ3v) is 4.76. The van der Waals surface area contributed by atoms with Crippen molar-refractivity contribution in [3.63, 3.8) is 0 Å². The van der Waals surface area contributed by atoms with E-state index in [4.69, 9.17) is 4.98 Å². The molecular weight excluding hydrogens is 230 g/mol. The van der Waals surface area contributed by atoms with Crippen LogP contribution in [0.1, 0.15) is 31.3 Å². The van der Waals surface area contributed by atoms with Crippen LogP contribution in [0.5, 0.6) is 0 Å². The van der Waals surface area contributed by atoms with Gasteiger partial charge in [-0.1, -0.05) is 6.92 Å². The van der Waals surface area contributed by atoms with Gasteiger partial charge in [-0.25, -0.2) is 4.98 Å². The van der Waals surface area contributed by atoms with Crippen LogP contribution >= 0.6 is 11.3 Å². The van der Waals surface area contributed by atoms with E-state index >= 15 is 0 Å². The maximum Gasteiger partial charge on any atom is 0.123 e. The zero-order valence-electron chi connectivity index (χ0n) is 10.7. The molecule has 4 heteroatoms. The van der Waals surface area contributed by atoms with Gasteiger partial charge in [-0.2, -0.15) is 0 Å². The maximum absolute atomic E-state index is 4.83. The molecule has 17 heavy (non-hydrogen) atoms. The average Bonchev–Trinajstić information content (AvgIpc) is 2.82. The first-order chi connectivity index (χ1) is 8.10. The summed E-state index contributed by atoms with van der Waals surface area (Å²) in [6, 6.07) is 0. The number of thiazole rings is 1. The van der Waals surface area contributed by atoms with Crippen molar-refractivity contribution in [3.8, 4) is 0 Å². The van der Waals surface area contributed by atoms with Crippen LogP contribution in [-0.2, 0) is 5.41 Å². The van der Waals surface area contributed by atoms with Crippen LogP contribution in [0.2, 0.25) is 0 Å². The molecule has 1 fully saturated rings. The Morgan fingerprint density at radius 3 is 3.06 bits per heavy atom.